The van der Waals surface area contributed by atoms with Crippen LogP contribution < -0.4 is 10.6 Å². The number of hydrogen-bond donors (Lipinski definition) is 3. The highest BCUT2D eigenvalue weighted by molar-refractivity contribution is 7.13. The summed E-state index contributed by atoms with van der Waals surface area (Å²) in [6, 6.07) is 10.5. The molecule has 0 aliphatic rings. The first-order chi connectivity index (χ1) is 10.1. The van der Waals surface area contributed by atoms with Crippen LogP contribution in [0.2, 0.25) is 0 Å². The SMILES string of the molecule is Cc1ccc(C(=O)NCC(=O)Nc2cccc(CO)c2)s1. The molecule has 0 bridgehead atoms. The molecule has 21 heavy (non-hydrogen) atoms. The maximum Gasteiger partial charge on any atom is 0.261 e. The van der Waals surface area contributed by atoms with E-state index in [1.807, 2.05) is 13.0 Å². The zero-order valence-electron chi connectivity index (χ0n) is 11.6. The fraction of sp³-hybridized carbons (Fsp3) is 0.200. The van der Waals surface area contributed by atoms with Crippen molar-refractivity contribution >= 4 is 28.8 Å². The molecule has 1 heterocycles. The van der Waals surface area contributed by atoms with Crippen LogP contribution in [0, 0.1) is 6.92 Å². The third-order valence-corrected chi connectivity index (χ3v) is 3.77. The van der Waals surface area contributed by atoms with Crippen molar-refractivity contribution in [1.82, 2.24) is 5.32 Å². The minimum atomic E-state index is -0.313. The summed E-state index contributed by atoms with van der Waals surface area (Å²) < 4.78 is 0. The normalized spacial score (nSPS) is 10.2. The summed E-state index contributed by atoms with van der Waals surface area (Å²) in [7, 11) is 0. The van der Waals surface area contributed by atoms with Gasteiger partial charge in [0.05, 0.1) is 18.0 Å². The lowest BCUT2D eigenvalue weighted by Gasteiger charge is -2.07. The molecule has 3 N–H and O–H groups in total. The molecule has 0 atom stereocenters. The van der Waals surface area contributed by atoms with E-state index in [9.17, 15) is 9.59 Å². The van der Waals surface area contributed by atoms with Gasteiger partial charge in [0, 0.05) is 10.6 Å². The molecule has 0 radical (unpaired) electrons. The summed E-state index contributed by atoms with van der Waals surface area (Å²) >= 11 is 1.38. The predicted octanol–water partition coefficient (Wildman–Crippen LogP) is 1.92. The third kappa shape index (κ3) is 4.40. The van der Waals surface area contributed by atoms with Gasteiger partial charge in [-0.25, -0.2) is 0 Å². The zero-order chi connectivity index (χ0) is 15.2. The first-order valence-electron chi connectivity index (χ1n) is 6.43. The number of thiophene rings is 1. The van der Waals surface area contributed by atoms with Crippen LogP contribution in [-0.2, 0) is 11.4 Å². The zero-order valence-corrected chi connectivity index (χ0v) is 12.4. The Bertz CT molecular complexity index is 652. The van der Waals surface area contributed by atoms with Gasteiger partial charge in [-0.2, -0.15) is 0 Å². The summed E-state index contributed by atoms with van der Waals surface area (Å²) in [5.74, 6) is -0.570. The summed E-state index contributed by atoms with van der Waals surface area (Å²) in [6.07, 6.45) is 0. The fourth-order valence-electron chi connectivity index (χ4n) is 1.76. The van der Waals surface area contributed by atoms with Crippen molar-refractivity contribution in [2.75, 3.05) is 11.9 Å². The summed E-state index contributed by atoms with van der Waals surface area (Å²) in [6.45, 7) is 1.74. The van der Waals surface area contributed by atoms with Gasteiger partial charge in [0.2, 0.25) is 5.91 Å². The molecule has 2 rings (SSSR count). The number of nitrogens with one attached hydrogen (secondary N) is 2. The van der Waals surface area contributed by atoms with E-state index in [-0.39, 0.29) is 25.0 Å². The minimum Gasteiger partial charge on any atom is -0.392 e. The van der Waals surface area contributed by atoms with Crippen molar-refractivity contribution in [2.24, 2.45) is 0 Å². The number of carbonyl (C=O) groups is 2. The predicted molar refractivity (Wildman–Crippen MR) is 82.4 cm³/mol. The molecule has 110 valence electrons. The van der Waals surface area contributed by atoms with E-state index in [1.54, 1.807) is 30.3 Å². The van der Waals surface area contributed by atoms with Crippen LogP contribution in [0.15, 0.2) is 36.4 Å². The molecule has 0 saturated heterocycles. The monoisotopic (exact) mass is 304 g/mol. The van der Waals surface area contributed by atoms with E-state index in [2.05, 4.69) is 10.6 Å². The number of amides is 2. The number of hydrogen-bond acceptors (Lipinski definition) is 4. The van der Waals surface area contributed by atoms with Gasteiger partial charge in [-0.3, -0.25) is 9.59 Å². The topological polar surface area (TPSA) is 78.4 Å². The second-order valence-electron chi connectivity index (χ2n) is 4.50. The number of rotatable bonds is 5. The second kappa shape index (κ2) is 7.01. The molecular formula is C15H16N2O3S. The van der Waals surface area contributed by atoms with Crippen LogP contribution >= 0.6 is 11.3 Å². The second-order valence-corrected chi connectivity index (χ2v) is 5.79. The highest BCUT2D eigenvalue weighted by Gasteiger charge is 2.10. The smallest absolute Gasteiger partial charge is 0.261 e. The largest absolute Gasteiger partial charge is 0.392 e. The Morgan fingerprint density at radius 3 is 2.71 bits per heavy atom. The van der Waals surface area contributed by atoms with Crippen molar-refractivity contribution in [3.8, 4) is 0 Å². The Morgan fingerprint density at radius 2 is 2.05 bits per heavy atom. The molecule has 2 amide bonds. The van der Waals surface area contributed by atoms with Crippen LogP contribution in [-0.4, -0.2) is 23.5 Å². The van der Waals surface area contributed by atoms with E-state index >= 15 is 0 Å². The third-order valence-electron chi connectivity index (χ3n) is 2.77. The van der Waals surface area contributed by atoms with Crippen molar-refractivity contribution in [2.45, 2.75) is 13.5 Å². The molecule has 6 heteroatoms. The standard InChI is InChI=1S/C15H16N2O3S/c1-10-5-6-13(21-10)15(20)16-8-14(19)17-12-4-2-3-11(7-12)9-18/h2-7,18H,8-9H2,1H3,(H,16,20)(H,17,19). The molecular weight excluding hydrogens is 288 g/mol. The summed E-state index contributed by atoms with van der Waals surface area (Å²) in [4.78, 5) is 25.2. The molecule has 0 fully saturated rings. The Labute approximate surface area is 126 Å². The van der Waals surface area contributed by atoms with Gasteiger partial charge in [-0.1, -0.05) is 12.1 Å². The molecule has 1 aromatic carbocycles. The van der Waals surface area contributed by atoms with Crippen molar-refractivity contribution in [3.63, 3.8) is 0 Å². The number of anilines is 1. The maximum absolute atomic E-state index is 11.8. The molecule has 2 aromatic rings. The summed E-state index contributed by atoms with van der Waals surface area (Å²) in [5, 5.41) is 14.3. The average Bonchev–Trinajstić information content (AvgIpc) is 2.91. The van der Waals surface area contributed by atoms with Crippen LogP contribution in [0.3, 0.4) is 0 Å². The van der Waals surface area contributed by atoms with E-state index in [4.69, 9.17) is 5.11 Å². The summed E-state index contributed by atoms with van der Waals surface area (Å²) in [5.41, 5.74) is 1.30. The number of aliphatic hydroxyl groups is 1. The van der Waals surface area contributed by atoms with Gasteiger partial charge in [0.15, 0.2) is 0 Å². The molecule has 0 saturated carbocycles. The van der Waals surface area contributed by atoms with E-state index in [0.29, 0.717) is 16.1 Å². The number of carbonyl (C=O) groups excluding carboxylic acids is 2. The first kappa shape index (κ1) is 15.2. The van der Waals surface area contributed by atoms with Gasteiger partial charge < -0.3 is 15.7 Å². The molecule has 0 aliphatic carbocycles. The molecule has 0 unspecified atom stereocenters. The highest BCUT2D eigenvalue weighted by atomic mass is 32.1. The highest BCUT2D eigenvalue weighted by Crippen LogP contribution is 2.14. The quantitative estimate of drug-likeness (QED) is 0.789. The molecule has 0 spiro atoms. The first-order valence-corrected chi connectivity index (χ1v) is 7.24. The van der Waals surface area contributed by atoms with Crippen LogP contribution in [0.5, 0.6) is 0 Å². The van der Waals surface area contributed by atoms with Crippen molar-refractivity contribution in [1.29, 1.82) is 0 Å². The van der Waals surface area contributed by atoms with Crippen molar-refractivity contribution < 1.29 is 14.7 Å². The fourth-order valence-corrected chi connectivity index (χ4v) is 2.54. The molecule has 0 aliphatic heterocycles. The number of benzene rings is 1. The minimum absolute atomic E-state index is 0.0851. The van der Waals surface area contributed by atoms with Gasteiger partial charge in [0.25, 0.3) is 5.91 Å². The van der Waals surface area contributed by atoms with Crippen LogP contribution in [0.25, 0.3) is 0 Å². The number of aryl methyl sites for hydroxylation is 1. The van der Waals surface area contributed by atoms with E-state index in [0.717, 1.165) is 4.88 Å². The van der Waals surface area contributed by atoms with Gasteiger partial charge in [0.1, 0.15) is 0 Å². The van der Waals surface area contributed by atoms with Crippen molar-refractivity contribution in [3.05, 3.63) is 51.7 Å². The lowest BCUT2D eigenvalue weighted by Crippen LogP contribution is -2.32. The van der Waals surface area contributed by atoms with E-state index in [1.165, 1.54) is 11.3 Å². The molecule has 5 nitrogen and oxygen atoms in total. The average molecular weight is 304 g/mol. The Kier molecular flexibility index (Phi) is 5.08. The van der Waals surface area contributed by atoms with Crippen LogP contribution in [0.1, 0.15) is 20.1 Å². The van der Waals surface area contributed by atoms with E-state index < -0.39 is 0 Å². The van der Waals surface area contributed by atoms with Gasteiger partial charge >= 0.3 is 0 Å². The Hall–Kier alpha value is -2.18. The Morgan fingerprint density at radius 1 is 1.24 bits per heavy atom. The maximum atomic E-state index is 11.8. The lowest BCUT2D eigenvalue weighted by molar-refractivity contribution is -0.115. The lowest BCUT2D eigenvalue weighted by atomic mass is 10.2. The number of aliphatic hydroxyl groups excluding tert-OH is 1. The van der Waals surface area contributed by atoms with Crippen LogP contribution in [0.4, 0.5) is 5.69 Å². The van der Waals surface area contributed by atoms with Gasteiger partial charge in [-0.05, 0) is 36.8 Å². The Balaban J connectivity index is 1.85. The van der Waals surface area contributed by atoms with Gasteiger partial charge in [-0.15, -0.1) is 11.3 Å². The molecule has 1 aromatic heterocycles.